The number of carbonyl (C=O) groups is 1. The van der Waals surface area contributed by atoms with Gasteiger partial charge in [-0.15, -0.1) is 0 Å². The minimum Gasteiger partial charge on any atom is -0.399 e. The number of alkyl halides is 1. The van der Waals surface area contributed by atoms with Crippen molar-refractivity contribution >= 4 is 22.5 Å². The van der Waals surface area contributed by atoms with E-state index < -0.39 is 6.67 Å². The summed E-state index contributed by atoms with van der Waals surface area (Å²) in [7, 11) is 0. The maximum atomic E-state index is 12.3. The lowest BCUT2D eigenvalue weighted by molar-refractivity contribution is 0.0952. The number of hydrogen-bond donors (Lipinski definition) is 2. The number of carbonyl (C=O) groups excluding carboxylic acids is 1. The Kier molecular flexibility index (Phi) is 4.19. The monoisotopic (exact) mass is 309 g/mol. The molecule has 0 unspecified atom stereocenters. The van der Waals surface area contributed by atoms with Crippen LogP contribution in [-0.2, 0) is 0 Å². The SMILES string of the molecule is Nc1ccc(-c2cc(C(=O)NCCF)c3ccccc3n2)cc1. The van der Waals surface area contributed by atoms with Crippen LogP contribution in [-0.4, -0.2) is 24.1 Å². The lowest BCUT2D eigenvalue weighted by Crippen LogP contribution is -2.25. The van der Waals surface area contributed by atoms with Crippen molar-refractivity contribution in [2.24, 2.45) is 0 Å². The molecule has 1 amide bonds. The van der Waals surface area contributed by atoms with Gasteiger partial charge in [0.1, 0.15) is 6.67 Å². The van der Waals surface area contributed by atoms with Crippen molar-refractivity contribution in [3.05, 3.63) is 60.2 Å². The summed E-state index contributed by atoms with van der Waals surface area (Å²) in [5, 5.41) is 3.31. The first-order valence-electron chi connectivity index (χ1n) is 7.29. The van der Waals surface area contributed by atoms with E-state index in [4.69, 9.17) is 5.73 Å². The number of amides is 1. The molecule has 4 nitrogen and oxygen atoms in total. The highest BCUT2D eigenvalue weighted by molar-refractivity contribution is 6.07. The maximum absolute atomic E-state index is 12.3. The first kappa shape index (κ1) is 15.0. The number of pyridine rings is 1. The van der Waals surface area contributed by atoms with Crippen molar-refractivity contribution in [3.8, 4) is 11.3 Å². The van der Waals surface area contributed by atoms with E-state index in [1.165, 1.54) is 0 Å². The van der Waals surface area contributed by atoms with Crippen molar-refractivity contribution < 1.29 is 9.18 Å². The molecule has 0 aliphatic heterocycles. The summed E-state index contributed by atoms with van der Waals surface area (Å²) in [6.07, 6.45) is 0. The van der Waals surface area contributed by atoms with E-state index in [1.807, 2.05) is 36.4 Å². The highest BCUT2D eigenvalue weighted by atomic mass is 19.1. The zero-order valence-electron chi connectivity index (χ0n) is 12.4. The smallest absolute Gasteiger partial charge is 0.252 e. The predicted molar refractivity (Wildman–Crippen MR) is 89.9 cm³/mol. The first-order chi connectivity index (χ1) is 11.2. The Morgan fingerprint density at radius 3 is 2.61 bits per heavy atom. The molecule has 1 heterocycles. The molecule has 0 bridgehead atoms. The number of nitrogens with one attached hydrogen (secondary N) is 1. The summed E-state index contributed by atoms with van der Waals surface area (Å²) in [6, 6.07) is 16.4. The van der Waals surface area contributed by atoms with Crippen LogP contribution >= 0.6 is 0 Å². The Bertz CT molecular complexity index is 847. The molecule has 23 heavy (non-hydrogen) atoms. The van der Waals surface area contributed by atoms with E-state index in [-0.39, 0.29) is 12.5 Å². The first-order valence-corrected chi connectivity index (χ1v) is 7.29. The van der Waals surface area contributed by atoms with Crippen LogP contribution in [0.25, 0.3) is 22.2 Å². The number of benzene rings is 2. The van der Waals surface area contributed by atoms with Gasteiger partial charge in [0.05, 0.1) is 16.8 Å². The number of nitrogen functional groups attached to an aromatic ring is 1. The minimum absolute atomic E-state index is 0.00725. The van der Waals surface area contributed by atoms with E-state index in [0.717, 1.165) is 10.9 Å². The van der Waals surface area contributed by atoms with Gasteiger partial charge in [-0.2, -0.15) is 0 Å². The van der Waals surface area contributed by atoms with Crippen molar-refractivity contribution in [2.45, 2.75) is 0 Å². The van der Waals surface area contributed by atoms with Crippen molar-refractivity contribution in [1.82, 2.24) is 10.3 Å². The predicted octanol–water partition coefficient (Wildman–Crippen LogP) is 3.18. The number of anilines is 1. The molecular weight excluding hydrogens is 293 g/mol. The third-order valence-corrected chi connectivity index (χ3v) is 3.55. The van der Waals surface area contributed by atoms with Gasteiger partial charge < -0.3 is 11.1 Å². The standard InChI is InChI=1S/C18H16FN3O/c19-9-10-21-18(23)15-11-17(12-5-7-13(20)8-6-12)22-16-4-2-1-3-14(15)16/h1-8,11H,9-10,20H2,(H,21,23). The molecule has 0 aliphatic rings. The average Bonchev–Trinajstić information content (AvgIpc) is 2.59. The highest BCUT2D eigenvalue weighted by Gasteiger charge is 2.13. The molecule has 0 radical (unpaired) electrons. The largest absolute Gasteiger partial charge is 0.399 e. The number of aromatic nitrogens is 1. The van der Waals surface area contributed by atoms with Crippen molar-refractivity contribution in [3.63, 3.8) is 0 Å². The van der Waals surface area contributed by atoms with Crippen molar-refractivity contribution in [2.75, 3.05) is 19.0 Å². The van der Waals surface area contributed by atoms with Crippen LogP contribution in [0.2, 0.25) is 0 Å². The van der Waals surface area contributed by atoms with Crippen molar-refractivity contribution in [1.29, 1.82) is 0 Å². The van der Waals surface area contributed by atoms with E-state index in [0.29, 0.717) is 22.5 Å². The molecule has 0 saturated heterocycles. The lowest BCUT2D eigenvalue weighted by Gasteiger charge is -2.10. The van der Waals surface area contributed by atoms with Gasteiger partial charge in [-0.1, -0.05) is 30.3 Å². The van der Waals surface area contributed by atoms with Gasteiger partial charge in [0.25, 0.3) is 5.91 Å². The average molecular weight is 309 g/mol. The normalized spacial score (nSPS) is 10.7. The number of para-hydroxylation sites is 1. The van der Waals surface area contributed by atoms with Gasteiger partial charge in [0.15, 0.2) is 0 Å². The molecule has 3 rings (SSSR count). The summed E-state index contributed by atoms with van der Waals surface area (Å²) in [5.74, 6) is -0.307. The van der Waals surface area contributed by atoms with E-state index in [9.17, 15) is 9.18 Å². The molecule has 0 fully saturated rings. The van der Waals surface area contributed by atoms with Gasteiger partial charge >= 0.3 is 0 Å². The number of fused-ring (bicyclic) bond motifs is 1. The second-order valence-electron chi connectivity index (χ2n) is 5.14. The summed E-state index contributed by atoms with van der Waals surface area (Å²) < 4.78 is 12.3. The molecule has 5 heteroatoms. The quantitative estimate of drug-likeness (QED) is 0.727. The third kappa shape index (κ3) is 3.13. The van der Waals surface area contributed by atoms with E-state index >= 15 is 0 Å². The van der Waals surface area contributed by atoms with Crippen LogP contribution in [0, 0.1) is 0 Å². The number of nitrogens with zero attached hydrogens (tertiary/aromatic N) is 1. The zero-order valence-corrected chi connectivity index (χ0v) is 12.4. The number of rotatable bonds is 4. The van der Waals surface area contributed by atoms with Crippen LogP contribution in [0.15, 0.2) is 54.6 Å². The Morgan fingerprint density at radius 2 is 1.87 bits per heavy atom. The molecule has 116 valence electrons. The number of nitrogens with two attached hydrogens (primary N) is 1. The Morgan fingerprint density at radius 1 is 1.13 bits per heavy atom. The van der Waals surface area contributed by atoms with Gasteiger partial charge in [0.2, 0.25) is 0 Å². The van der Waals surface area contributed by atoms with Crippen LogP contribution < -0.4 is 11.1 Å². The van der Waals surface area contributed by atoms with Crippen LogP contribution in [0.1, 0.15) is 10.4 Å². The topological polar surface area (TPSA) is 68.0 Å². The van der Waals surface area contributed by atoms with Gasteiger partial charge in [0, 0.05) is 23.2 Å². The van der Waals surface area contributed by atoms with E-state index in [2.05, 4.69) is 10.3 Å². The van der Waals surface area contributed by atoms with Crippen LogP contribution in [0.5, 0.6) is 0 Å². The Labute approximate surface area is 133 Å². The summed E-state index contributed by atoms with van der Waals surface area (Å²) in [4.78, 5) is 16.9. The van der Waals surface area contributed by atoms with Crippen LogP contribution in [0.3, 0.4) is 0 Å². The zero-order chi connectivity index (χ0) is 16.2. The molecule has 0 atom stereocenters. The summed E-state index contributed by atoms with van der Waals surface area (Å²) in [5.41, 5.74) is 9.11. The number of hydrogen-bond acceptors (Lipinski definition) is 3. The maximum Gasteiger partial charge on any atom is 0.252 e. The van der Waals surface area contributed by atoms with Crippen LogP contribution in [0.4, 0.5) is 10.1 Å². The molecule has 1 aromatic heterocycles. The lowest BCUT2D eigenvalue weighted by atomic mass is 10.0. The molecule has 3 N–H and O–H groups in total. The second kappa shape index (κ2) is 6.44. The summed E-state index contributed by atoms with van der Waals surface area (Å²) in [6.45, 7) is -0.605. The molecule has 3 aromatic rings. The molecule has 0 spiro atoms. The highest BCUT2D eigenvalue weighted by Crippen LogP contribution is 2.25. The summed E-state index contributed by atoms with van der Waals surface area (Å²) >= 11 is 0. The fraction of sp³-hybridized carbons (Fsp3) is 0.111. The number of halogens is 1. The van der Waals surface area contributed by atoms with Gasteiger partial charge in [-0.3, -0.25) is 4.79 Å². The molecule has 2 aromatic carbocycles. The Balaban J connectivity index is 2.13. The second-order valence-corrected chi connectivity index (χ2v) is 5.14. The minimum atomic E-state index is -0.598. The Hall–Kier alpha value is -2.95. The van der Waals surface area contributed by atoms with E-state index in [1.54, 1.807) is 18.2 Å². The molecule has 0 aliphatic carbocycles. The third-order valence-electron chi connectivity index (χ3n) is 3.55. The fourth-order valence-corrected chi connectivity index (χ4v) is 2.42. The molecule has 0 saturated carbocycles. The molecular formula is C18H16FN3O. The van der Waals surface area contributed by atoms with Gasteiger partial charge in [-0.05, 0) is 24.3 Å². The van der Waals surface area contributed by atoms with Gasteiger partial charge in [-0.25, -0.2) is 9.37 Å². The fourth-order valence-electron chi connectivity index (χ4n) is 2.42.